The molecular weight excluding hydrogens is 290 g/mol. The van der Waals surface area contributed by atoms with Crippen molar-refractivity contribution in [1.29, 1.82) is 0 Å². The van der Waals surface area contributed by atoms with Gasteiger partial charge in [0.2, 0.25) is 0 Å². The molecule has 0 saturated carbocycles. The molecule has 23 heavy (non-hydrogen) atoms. The fourth-order valence-corrected chi connectivity index (χ4v) is 3.06. The molecule has 0 spiro atoms. The monoisotopic (exact) mass is 315 g/mol. The Hall–Kier alpha value is -1.92. The van der Waals surface area contributed by atoms with Gasteiger partial charge >= 0.3 is 0 Å². The maximum Gasteiger partial charge on any atom is 0.131 e. The standard InChI is InChI=1S/C17H25N5O/c1-13-15(12-19-14(2)16-6-4-5-7-18-16)17(21(3)20-13)22-8-10-23-11-9-22/h4-7,14,19H,8-12H2,1-3H3/t14-/m0/s1. The van der Waals surface area contributed by atoms with E-state index in [4.69, 9.17) is 4.74 Å². The van der Waals surface area contributed by atoms with Gasteiger partial charge < -0.3 is 15.0 Å². The fraction of sp³-hybridized carbons (Fsp3) is 0.529. The highest BCUT2D eigenvalue weighted by molar-refractivity contribution is 5.50. The number of pyridine rings is 1. The van der Waals surface area contributed by atoms with Crippen LogP contribution in [0.5, 0.6) is 0 Å². The van der Waals surface area contributed by atoms with Crippen LogP contribution in [0.15, 0.2) is 24.4 Å². The van der Waals surface area contributed by atoms with Gasteiger partial charge in [0.15, 0.2) is 0 Å². The first-order valence-electron chi connectivity index (χ1n) is 8.16. The van der Waals surface area contributed by atoms with E-state index in [0.717, 1.165) is 44.2 Å². The van der Waals surface area contributed by atoms with Crippen LogP contribution >= 0.6 is 0 Å². The average Bonchev–Trinajstić information content (AvgIpc) is 2.87. The summed E-state index contributed by atoms with van der Waals surface area (Å²) in [7, 11) is 2.02. The Kier molecular flexibility index (Phi) is 4.93. The molecule has 2 aromatic heterocycles. The second-order valence-corrected chi connectivity index (χ2v) is 5.97. The Morgan fingerprint density at radius 1 is 1.30 bits per heavy atom. The molecule has 0 unspecified atom stereocenters. The highest BCUT2D eigenvalue weighted by atomic mass is 16.5. The second kappa shape index (κ2) is 7.10. The Morgan fingerprint density at radius 2 is 2.09 bits per heavy atom. The lowest BCUT2D eigenvalue weighted by molar-refractivity contribution is 0.122. The van der Waals surface area contributed by atoms with Crippen molar-refractivity contribution in [2.75, 3.05) is 31.2 Å². The van der Waals surface area contributed by atoms with Gasteiger partial charge in [-0.05, 0) is 26.0 Å². The summed E-state index contributed by atoms with van der Waals surface area (Å²) < 4.78 is 7.46. The summed E-state index contributed by atoms with van der Waals surface area (Å²) in [6, 6.07) is 6.22. The Morgan fingerprint density at radius 3 is 2.78 bits per heavy atom. The molecule has 1 N–H and O–H groups in total. The van der Waals surface area contributed by atoms with Gasteiger partial charge in [0.1, 0.15) is 5.82 Å². The summed E-state index contributed by atoms with van der Waals surface area (Å²) >= 11 is 0. The molecule has 1 aliphatic heterocycles. The highest BCUT2D eigenvalue weighted by Gasteiger charge is 2.21. The van der Waals surface area contributed by atoms with E-state index in [1.807, 2.05) is 30.1 Å². The lowest BCUT2D eigenvalue weighted by Crippen LogP contribution is -2.38. The Balaban J connectivity index is 1.74. The van der Waals surface area contributed by atoms with Gasteiger partial charge in [-0.1, -0.05) is 6.07 Å². The second-order valence-electron chi connectivity index (χ2n) is 5.97. The number of ether oxygens (including phenoxy) is 1. The number of morpholine rings is 1. The molecule has 1 saturated heterocycles. The fourth-order valence-electron chi connectivity index (χ4n) is 3.06. The van der Waals surface area contributed by atoms with Crippen molar-refractivity contribution >= 4 is 5.82 Å². The van der Waals surface area contributed by atoms with Crippen LogP contribution in [0.3, 0.4) is 0 Å². The minimum atomic E-state index is 0.202. The van der Waals surface area contributed by atoms with Crippen LogP contribution < -0.4 is 10.2 Å². The smallest absolute Gasteiger partial charge is 0.131 e. The number of rotatable bonds is 5. The van der Waals surface area contributed by atoms with E-state index >= 15 is 0 Å². The Labute approximate surface area is 137 Å². The maximum absolute atomic E-state index is 5.47. The van der Waals surface area contributed by atoms with Crippen molar-refractivity contribution < 1.29 is 4.74 Å². The van der Waals surface area contributed by atoms with Gasteiger partial charge in [-0.3, -0.25) is 9.67 Å². The molecule has 0 radical (unpaired) electrons. The largest absolute Gasteiger partial charge is 0.378 e. The summed E-state index contributed by atoms with van der Waals surface area (Å²) in [5.74, 6) is 1.20. The number of hydrogen-bond acceptors (Lipinski definition) is 5. The predicted octanol–water partition coefficient (Wildman–Crippen LogP) is 1.81. The van der Waals surface area contributed by atoms with Crippen LogP contribution in [-0.2, 0) is 18.3 Å². The number of aromatic nitrogens is 3. The first-order valence-corrected chi connectivity index (χ1v) is 8.16. The number of aryl methyl sites for hydroxylation is 2. The molecule has 124 valence electrons. The van der Waals surface area contributed by atoms with Crippen LogP contribution in [0.4, 0.5) is 5.82 Å². The lowest BCUT2D eigenvalue weighted by atomic mass is 10.1. The highest BCUT2D eigenvalue weighted by Crippen LogP contribution is 2.24. The average molecular weight is 315 g/mol. The minimum Gasteiger partial charge on any atom is -0.378 e. The first-order chi connectivity index (χ1) is 11.2. The van der Waals surface area contributed by atoms with E-state index in [1.54, 1.807) is 0 Å². The van der Waals surface area contributed by atoms with Crippen LogP contribution in [0.1, 0.15) is 29.9 Å². The van der Waals surface area contributed by atoms with Crippen molar-refractivity contribution in [2.45, 2.75) is 26.4 Å². The van der Waals surface area contributed by atoms with Crippen LogP contribution in [0.2, 0.25) is 0 Å². The number of anilines is 1. The molecule has 1 atom stereocenters. The molecule has 2 aromatic rings. The van der Waals surface area contributed by atoms with Crippen LogP contribution in [-0.4, -0.2) is 41.1 Å². The molecule has 6 heteroatoms. The maximum atomic E-state index is 5.47. The third-order valence-corrected chi connectivity index (χ3v) is 4.34. The van der Waals surface area contributed by atoms with Gasteiger partial charge in [0.25, 0.3) is 0 Å². The van der Waals surface area contributed by atoms with Crippen LogP contribution in [0.25, 0.3) is 0 Å². The van der Waals surface area contributed by atoms with E-state index in [9.17, 15) is 0 Å². The zero-order valence-corrected chi connectivity index (χ0v) is 14.1. The van der Waals surface area contributed by atoms with Gasteiger partial charge in [-0.25, -0.2) is 0 Å². The van der Waals surface area contributed by atoms with E-state index in [0.29, 0.717) is 0 Å². The third-order valence-electron chi connectivity index (χ3n) is 4.34. The topological polar surface area (TPSA) is 55.2 Å². The molecule has 3 rings (SSSR count). The van der Waals surface area contributed by atoms with Crippen molar-refractivity contribution in [3.63, 3.8) is 0 Å². The van der Waals surface area contributed by atoms with Crippen molar-refractivity contribution in [3.8, 4) is 0 Å². The SMILES string of the molecule is Cc1nn(C)c(N2CCOCC2)c1CN[C@@H](C)c1ccccn1. The van der Waals surface area contributed by atoms with Gasteiger partial charge in [0, 0.05) is 44.5 Å². The van der Waals surface area contributed by atoms with E-state index in [2.05, 4.69) is 40.2 Å². The molecule has 0 bridgehead atoms. The van der Waals surface area contributed by atoms with Gasteiger partial charge in [-0.2, -0.15) is 5.10 Å². The summed E-state index contributed by atoms with van der Waals surface area (Å²) in [4.78, 5) is 6.79. The molecule has 0 aliphatic carbocycles. The molecule has 3 heterocycles. The number of nitrogens with zero attached hydrogens (tertiary/aromatic N) is 4. The van der Waals surface area contributed by atoms with Crippen molar-refractivity contribution in [1.82, 2.24) is 20.1 Å². The minimum absolute atomic E-state index is 0.202. The number of hydrogen-bond donors (Lipinski definition) is 1. The van der Waals surface area contributed by atoms with Crippen molar-refractivity contribution in [2.24, 2.45) is 7.05 Å². The van der Waals surface area contributed by atoms with E-state index < -0.39 is 0 Å². The van der Waals surface area contributed by atoms with Gasteiger partial charge in [0.05, 0.1) is 24.6 Å². The third kappa shape index (κ3) is 3.54. The lowest BCUT2D eigenvalue weighted by Gasteiger charge is -2.29. The quantitative estimate of drug-likeness (QED) is 0.912. The molecule has 1 aliphatic rings. The summed E-state index contributed by atoms with van der Waals surface area (Å²) in [5.41, 5.74) is 3.40. The van der Waals surface area contributed by atoms with Crippen molar-refractivity contribution in [3.05, 3.63) is 41.3 Å². The zero-order valence-electron chi connectivity index (χ0n) is 14.1. The van der Waals surface area contributed by atoms with E-state index in [-0.39, 0.29) is 6.04 Å². The van der Waals surface area contributed by atoms with Gasteiger partial charge in [-0.15, -0.1) is 0 Å². The first kappa shape index (κ1) is 16.0. The summed E-state index contributed by atoms with van der Waals surface area (Å²) in [5, 5.41) is 8.19. The predicted molar refractivity (Wildman–Crippen MR) is 90.5 cm³/mol. The van der Waals surface area contributed by atoms with E-state index in [1.165, 1.54) is 11.4 Å². The number of nitrogens with one attached hydrogen (secondary N) is 1. The molecule has 1 fully saturated rings. The Bertz CT molecular complexity index is 634. The molecular formula is C17H25N5O. The molecule has 6 nitrogen and oxygen atoms in total. The normalized spacial score (nSPS) is 16.6. The molecule has 0 aromatic carbocycles. The summed E-state index contributed by atoms with van der Waals surface area (Å²) in [6.07, 6.45) is 1.84. The summed E-state index contributed by atoms with van der Waals surface area (Å²) in [6.45, 7) is 8.39. The zero-order chi connectivity index (χ0) is 16.2. The van der Waals surface area contributed by atoms with Crippen LogP contribution in [0, 0.1) is 6.92 Å². The molecule has 0 amide bonds.